The van der Waals surface area contributed by atoms with Gasteiger partial charge in [-0.1, -0.05) is 24.3 Å². The molecule has 1 atom stereocenters. The zero-order valence-corrected chi connectivity index (χ0v) is 11.5. The van der Waals surface area contributed by atoms with E-state index in [1.165, 1.54) is 12.1 Å². The van der Waals surface area contributed by atoms with Crippen LogP contribution in [0.3, 0.4) is 0 Å². The van der Waals surface area contributed by atoms with E-state index in [0.717, 1.165) is 12.1 Å². The number of rotatable bonds is 6. The summed E-state index contributed by atoms with van der Waals surface area (Å²) in [6.07, 6.45) is -1.39. The molecule has 0 heterocycles. The lowest BCUT2D eigenvalue weighted by molar-refractivity contribution is -0.385. The Hall–Kier alpha value is -2.38. The van der Waals surface area contributed by atoms with Crippen molar-refractivity contribution in [2.45, 2.75) is 12.6 Å². The third kappa shape index (κ3) is 3.63. The molecule has 0 aliphatic rings. The van der Waals surface area contributed by atoms with Gasteiger partial charge in [0.15, 0.2) is 0 Å². The van der Waals surface area contributed by atoms with Crippen molar-refractivity contribution in [3.8, 4) is 0 Å². The molecule has 0 fully saturated rings. The fourth-order valence-corrected chi connectivity index (χ4v) is 2.11. The second-order valence-electron chi connectivity index (χ2n) is 4.67. The van der Waals surface area contributed by atoms with E-state index in [4.69, 9.17) is 0 Å². The second-order valence-corrected chi connectivity index (χ2v) is 4.67. The van der Waals surface area contributed by atoms with Crippen molar-refractivity contribution in [1.29, 1.82) is 0 Å². The van der Waals surface area contributed by atoms with E-state index in [1.54, 1.807) is 18.2 Å². The minimum atomic E-state index is -1.39. The number of nitrogens with one attached hydrogen (secondary N) is 1. The number of nitro benzene ring substituents is 1. The van der Waals surface area contributed by atoms with Crippen LogP contribution < -0.4 is 5.32 Å². The van der Waals surface area contributed by atoms with Gasteiger partial charge in [-0.3, -0.25) is 10.1 Å². The van der Waals surface area contributed by atoms with E-state index in [9.17, 15) is 24.0 Å². The van der Waals surface area contributed by atoms with Gasteiger partial charge in [0, 0.05) is 24.7 Å². The lowest BCUT2D eigenvalue weighted by atomic mass is 10.1. The van der Waals surface area contributed by atoms with Crippen LogP contribution in [-0.2, 0) is 6.54 Å². The molecule has 2 aromatic carbocycles. The van der Waals surface area contributed by atoms with Gasteiger partial charge >= 0.3 is 0 Å². The van der Waals surface area contributed by atoms with E-state index in [-0.39, 0.29) is 18.8 Å². The number of benzene rings is 2. The Balaban J connectivity index is 2.01. The maximum atomic E-state index is 13.5. The summed E-state index contributed by atoms with van der Waals surface area (Å²) < 4.78 is 27.0. The van der Waals surface area contributed by atoms with Crippen LogP contribution in [0.15, 0.2) is 42.5 Å². The summed E-state index contributed by atoms with van der Waals surface area (Å²) in [5.41, 5.74) is -0.0483. The topological polar surface area (TPSA) is 75.4 Å². The Labute approximate surface area is 125 Å². The van der Waals surface area contributed by atoms with Gasteiger partial charge in [0.05, 0.1) is 16.6 Å². The molecule has 22 heavy (non-hydrogen) atoms. The van der Waals surface area contributed by atoms with E-state index in [0.29, 0.717) is 5.56 Å². The Morgan fingerprint density at radius 2 is 1.77 bits per heavy atom. The summed E-state index contributed by atoms with van der Waals surface area (Å²) in [5, 5.41) is 23.5. The third-order valence-corrected chi connectivity index (χ3v) is 3.17. The molecule has 116 valence electrons. The Morgan fingerprint density at radius 1 is 1.14 bits per heavy atom. The molecule has 0 bridgehead atoms. The van der Waals surface area contributed by atoms with E-state index in [1.807, 2.05) is 0 Å². The average molecular weight is 308 g/mol. The highest BCUT2D eigenvalue weighted by Crippen LogP contribution is 2.21. The van der Waals surface area contributed by atoms with Crippen LogP contribution >= 0.6 is 0 Å². The minimum absolute atomic E-state index is 0.0541. The molecule has 1 unspecified atom stereocenters. The average Bonchev–Trinajstić information content (AvgIpc) is 2.47. The normalized spacial score (nSPS) is 12.1. The van der Waals surface area contributed by atoms with Gasteiger partial charge in [-0.2, -0.15) is 0 Å². The van der Waals surface area contributed by atoms with E-state index >= 15 is 0 Å². The number of nitrogens with zero attached hydrogens (tertiary/aromatic N) is 1. The van der Waals surface area contributed by atoms with Crippen LogP contribution in [0.1, 0.15) is 17.2 Å². The molecule has 0 amide bonds. The Morgan fingerprint density at radius 3 is 2.41 bits per heavy atom. The molecule has 0 saturated carbocycles. The molecule has 0 aliphatic heterocycles. The molecule has 5 nitrogen and oxygen atoms in total. The predicted octanol–water partition coefficient (Wildman–Crippen LogP) is 2.70. The lowest BCUT2D eigenvalue weighted by Gasteiger charge is -2.14. The van der Waals surface area contributed by atoms with Crippen LogP contribution in [0.5, 0.6) is 0 Å². The van der Waals surface area contributed by atoms with Crippen LogP contribution in [0.4, 0.5) is 14.5 Å². The number of halogens is 2. The van der Waals surface area contributed by atoms with Crippen LogP contribution in [0.25, 0.3) is 0 Å². The van der Waals surface area contributed by atoms with Crippen molar-refractivity contribution in [2.24, 2.45) is 0 Å². The molecule has 7 heteroatoms. The quantitative estimate of drug-likeness (QED) is 0.635. The molecule has 2 N–H and O–H groups in total. The molecule has 0 radical (unpaired) electrons. The van der Waals surface area contributed by atoms with Gasteiger partial charge in [0.1, 0.15) is 11.6 Å². The Kier molecular flexibility index (Phi) is 5.13. The molecule has 0 saturated heterocycles. The van der Waals surface area contributed by atoms with Gasteiger partial charge < -0.3 is 10.4 Å². The number of nitro groups is 1. The standard InChI is InChI=1S/C15H14F2N2O3/c16-11-5-3-6-12(17)15(11)14(20)9-18-8-10-4-1-2-7-13(10)19(21)22/h1-7,14,18,20H,8-9H2. The summed E-state index contributed by atoms with van der Waals surface area (Å²) >= 11 is 0. The smallest absolute Gasteiger partial charge is 0.273 e. The van der Waals surface area contributed by atoms with Gasteiger partial charge in [-0.05, 0) is 12.1 Å². The SMILES string of the molecule is O=[N+]([O-])c1ccccc1CNCC(O)c1c(F)cccc1F. The molecular weight excluding hydrogens is 294 g/mol. The summed E-state index contributed by atoms with van der Waals surface area (Å²) in [6.45, 7) is -0.0335. The maximum Gasteiger partial charge on any atom is 0.273 e. The second kappa shape index (κ2) is 7.06. The maximum absolute atomic E-state index is 13.5. The first-order chi connectivity index (χ1) is 10.5. The fourth-order valence-electron chi connectivity index (χ4n) is 2.11. The van der Waals surface area contributed by atoms with Gasteiger partial charge in [-0.25, -0.2) is 8.78 Å². The zero-order chi connectivity index (χ0) is 16.1. The summed E-state index contributed by atoms with van der Waals surface area (Å²) in [6, 6.07) is 9.46. The number of aliphatic hydroxyl groups is 1. The van der Waals surface area contributed by atoms with Crippen LogP contribution in [0.2, 0.25) is 0 Å². The fraction of sp³-hybridized carbons (Fsp3) is 0.200. The van der Waals surface area contributed by atoms with Gasteiger partial charge in [0.2, 0.25) is 0 Å². The molecule has 0 aromatic heterocycles. The number of hydrogen-bond donors (Lipinski definition) is 2. The van der Waals surface area contributed by atoms with Crippen molar-refractivity contribution < 1.29 is 18.8 Å². The summed E-state index contributed by atoms with van der Waals surface area (Å²) in [4.78, 5) is 10.3. The third-order valence-electron chi connectivity index (χ3n) is 3.17. The first kappa shape index (κ1) is 16.0. The predicted molar refractivity (Wildman–Crippen MR) is 76.1 cm³/mol. The Bertz CT molecular complexity index is 659. The van der Waals surface area contributed by atoms with Crippen molar-refractivity contribution >= 4 is 5.69 Å². The lowest BCUT2D eigenvalue weighted by Crippen LogP contribution is -2.23. The van der Waals surface area contributed by atoms with Crippen molar-refractivity contribution in [3.63, 3.8) is 0 Å². The zero-order valence-electron chi connectivity index (χ0n) is 11.5. The van der Waals surface area contributed by atoms with Crippen molar-refractivity contribution in [2.75, 3.05) is 6.54 Å². The van der Waals surface area contributed by atoms with Gasteiger partial charge in [0.25, 0.3) is 5.69 Å². The summed E-state index contributed by atoms with van der Waals surface area (Å²) in [5.74, 6) is -1.67. The summed E-state index contributed by atoms with van der Waals surface area (Å²) in [7, 11) is 0. The highest BCUT2D eigenvalue weighted by Gasteiger charge is 2.18. The highest BCUT2D eigenvalue weighted by molar-refractivity contribution is 5.39. The van der Waals surface area contributed by atoms with Crippen molar-refractivity contribution in [3.05, 3.63) is 75.3 Å². The number of hydrogen-bond acceptors (Lipinski definition) is 4. The molecule has 0 spiro atoms. The van der Waals surface area contributed by atoms with E-state index in [2.05, 4.69) is 5.32 Å². The van der Waals surface area contributed by atoms with Crippen LogP contribution in [0, 0.1) is 21.7 Å². The monoisotopic (exact) mass is 308 g/mol. The van der Waals surface area contributed by atoms with Gasteiger partial charge in [-0.15, -0.1) is 0 Å². The van der Waals surface area contributed by atoms with Crippen molar-refractivity contribution in [1.82, 2.24) is 5.32 Å². The molecule has 0 aliphatic carbocycles. The number of para-hydroxylation sites is 1. The molecular formula is C15H14F2N2O3. The minimum Gasteiger partial charge on any atom is -0.387 e. The first-order valence-electron chi connectivity index (χ1n) is 6.55. The molecule has 2 rings (SSSR count). The molecule has 2 aromatic rings. The van der Waals surface area contributed by atoms with Crippen LogP contribution in [-0.4, -0.2) is 16.6 Å². The first-order valence-corrected chi connectivity index (χ1v) is 6.55. The largest absolute Gasteiger partial charge is 0.387 e. The van der Waals surface area contributed by atoms with E-state index < -0.39 is 28.2 Å². The number of aliphatic hydroxyl groups excluding tert-OH is 1. The highest BCUT2D eigenvalue weighted by atomic mass is 19.1.